The van der Waals surface area contributed by atoms with E-state index in [1.807, 2.05) is 6.07 Å². The van der Waals surface area contributed by atoms with Gasteiger partial charge >= 0.3 is 0 Å². The standard InChI is InChI=1S/C13H19N3O/c1-13(2,3)8-4-5-9-10(6-8)15-7-11(16-9)12(14)17/h4-6,11,15-16H,7H2,1-3H3,(H2,14,17). The topological polar surface area (TPSA) is 67.1 Å². The molecule has 1 aliphatic heterocycles. The highest BCUT2D eigenvalue weighted by molar-refractivity contribution is 5.87. The third kappa shape index (κ3) is 2.35. The second-order valence-electron chi connectivity index (χ2n) is 5.49. The minimum atomic E-state index is -0.331. The van der Waals surface area contributed by atoms with Crippen LogP contribution in [0.3, 0.4) is 0 Å². The maximum atomic E-state index is 11.1. The van der Waals surface area contributed by atoms with E-state index in [4.69, 9.17) is 5.73 Å². The molecule has 0 bridgehead atoms. The summed E-state index contributed by atoms with van der Waals surface area (Å²) in [6, 6.07) is 5.87. The van der Waals surface area contributed by atoms with Gasteiger partial charge < -0.3 is 16.4 Å². The van der Waals surface area contributed by atoms with Crippen molar-refractivity contribution in [2.45, 2.75) is 32.2 Å². The Kier molecular flexibility index (Phi) is 2.73. The second kappa shape index (κ2) is 3.95. The van der Waals surface area contributed by atoms with Gasteiger partial charge in [0.1, 0.15) is 6.04 Å². The molecule has 0 aliphatic carbocycles. The third-order valence-corrected chi connectivity index (χ3v) is 3.06. The highest BCUT2D eigenvalue weighted by Crippen LogP contribution is 2.32. The Bertz CT molecular complexity index is 448. The molecule has 0 radical (unpaired) electrons. The minimum absolute atomic E-state index is 0.122. The number of hydrogen-bond donors (Lipinski definition) is 3. The Balaban J connectivity index is 2.29. The van der Waals surface area contributed by atoms with Crippen molar-refractivity contribution in [3.63, 3.8) is 0 Å². The first kappa shape index (κ1) is 11.8. The molecule has 92 valence electrons. The molecule has 1 aliphatic rings. The molecule has 0 saturated carbocycles. The molecule has 1 heterocycles. The predicted octanol–water partition coefficient (Wildman–Crippen LogP) is 1.68. The SMILES string of the molecule is CC(C)(C)c1ccc2c(c1)NCC(C(N)=O)N2. The van der Waals surface area contributed by atoms with Crippen LogP contribution < -0.4 is 16.4 Å². The molecule has 1 amide bonds. The average Bonchev–Trinajstić information content (AvgIpc) is 2.26. The van der Waals surface area contributed by atoms with Gasteiger partial charge in [0.2, 0.25) is 5.91 Å². The van der Waals surface area contributed by atoms with Gasteiger partial charge in [0.05, 0.1) is 11.4 Å². The number of hydrogen-bond acceptors (Lipinski definition) is 3. The van der Waals surface area contributed by atoms with E-state index in [9.17, 15) is 4.79 Å². The summed E-state index contributed by atoms with van der Waals surface area (Å²) in [5.41, 5.74) is 8.65. The summed E-state index contributed by atoms with van der Waals surface area (Å²) >= 11 is 0. The van der Waals surface area contributed by atoms with Gasteiger partial charge in [-0.25, -0.2) is 0 Å². The predicted molar refractivity (Wildman–Crippen MR) is 70.2 cm³/mol. The largest absolute Gasteiger partial charge is 0.381 e. The lowest BCUT2D eigenvalue weighted by molar-refractivity contribution is -0.118. The van der Waals surface area contributed by atoms with Crippen LogP contribution in [0, 0.1) is 0 Å². The molecule has 1 unspecified atom stereocenters. The Morgan fingerprint density at radius 3 is 2.65 bits per heavy atom. The van der Waals surface area contributed by atoms with Crippen molar-refractivity contribution in [3.05, 3.63) is 23.8 Å². The number of carbonyl (C=O) groups is 1. The van der Waals surface area contributed by atoms with Crippen molar-refractivity contribution >= 4 is 17.3 Å². The molecule has 0 fully saturated rings. The number of nitrogens with two attached hydrogens (primary N) is 1. The maximum absolute atomic E-state index is 11.1. The van der Waals surface area contributed by atoms with E-state index in [0.29, 0.717) is 6.54 Å². The van der Waals surface area contributed by atoms with E-state index in [2.05, 4.69) is 43.5 Å². The number of primary amides is 1. The normalized spacial score (nSPS) is 18.9. The number of carbonyl (C=O) groups excluding carboxylic acids is 1. The van der Waals surface area contributed by atoms with Crippen LogP contribution in [0.2, 0.25) is 0 Å². The fourth-order valence-corrected chi connectivity index (χ4v) is 1.91. The van der Waals surface area contributed by atoms with E-state index in [1.165, 1.54) is 5.56 Å². The van der Waals surface area contributed by atoms with Gasteiger partial charge in [-0.2, -0.15) is 0 Å². The van der Waals surface area contributed by atoms with Gasteiger partial charge in [-0.15, -0.1) is 0 Å². The molecule has 1 atom stereocenters. The number of nitrogens with one attached hydrogen (secondary N) is 2. The second-order valence-corrected chi connectivity index (χ2v) is 5.49. The van der Waals surface area contributed by atoms with Gasteiger partial charge in [-0.05, 0) is 23.1 Å². The lowest BCUT2D eigenvalue weighted by atomic mass is 9.86. The van der Waals surface area contributed by atoms with E-state index in [-0.39, 0.29) is 17.4 Å². The third-order valence-electron chi connectivity index (χ3n) is 3.06. The van der Waals surface area contributed by atoms with Gasteiger partial charge in [0.15, 0.2) is 0 Å². The van der Waals surface area contributed by atoms with Crippen molar-refractivity contribution < 1.29 is 4.79 Å². The van der Waals surface area contributed by atoms with Crippen molar-refractivity contribution in [2.24, 2.45) is 5.73 Å². The highest BCUT2D eigenvalue weighted by Gasteiger charge is 2.23. The fraction of sp³-hybridized carbons (Fsp3) is 0.462. The summed E-state index contributed by atoms with van der Waals surface area (Å²) in [5, 5.41) is 6.38. The summed E-state index contributed by atoms with van der Waals surface area (Å²) in [4.78, 5) is 11.1. The van der Waals surface area contributed by atoms with Crippen molar-refractivity contribution in [1.82, 2.24) is 0 Å². The number of rotatable bonds is 1. The first-order chi connectivity index (χ1) is 7.88. The van der Waals surface area contributed by atoms with Crippen LogP contribution >= 0.6 is 0 Å². The van der Waals surface area contributed by atoms with Crippen molar-refractivity contribution in [3.8, 4) is 0 Å². The van der Waals surface area contributed by atoms with Crippen LogP contribution in [0.4, 0.5) is 11.4 Å². The Morgan fingerprint density at radius 2 is 2.06 bits per heavy atom. The lowest BCUT2D eigenvalue weighted by Gasteiger charge is -2.28. The van der Waals surface area contributed by atoms with Crippen LogP contribution in [0.1, 0.15) is 26.3 Å². The molecular formula is C13H19N3O. The van der Waals surface area contributed by atoms with E-state index >= 15 is 0 Å². The Hall–Kier alpha value is -1.71. The summed E-state index contributed by atoms with van der Waals surface area (Å²) < 4.78 is 0. The summed E-state index contributed by atoms with van der Waals surface area (Å²) in [7, 11) is 0. The molecule has 4 N–H and O–H groups in total. The molecule has 1 aromatic carbocycles. The molecule has 4 nitrogen and oxygen atoms in total. The number of anilines is 2. The fourth-order valence-electron chi connectivity index (χ4n) is 1.91. The van der Waals surface area contributed by atoms with Gasteiger partial charge in [-0.3, -0.25) is 4.79 Å². The lowest BCUT2D eigenvalue weighted by Crippen LogP contribution is -2.43. The molecular weight excluding hydrogens is 214 g/mol. The Morgan fingerprint density at radius 1 is 1.35 bits per heavy atom. The van der Waals surface area contributed by atoms with Gasteiger partial charge in [-0.1, -0.05) is 26.8 Å². The monoisotopic (exact) mass is 233 g/mol. The summed E-state index contributed by atoms with van der Waals surface area (Å²) in [6.45, 7) is 7.07. The number of amides is 1. The zero-order valence-electron chi connectivity index (χ0n) is 10.5. The molecule has 4 heteroatoms. The quantitative estimate of drug-likeness (QED) is 0.691. The zero-order chi connectivity index (χ0) is 12.6. The first-order valence-electron chi connectivity index (χ1n) is 5.82. The van der Waals surface area contributed by atoms with Crippen LogP contribution in [0.5, 0.6) is 0 Å². The van der Waals surface area contributed by atoms with E-state index < -0.39 is 0 Å². The van der Waals surface area contributed by atoms with E-state index in [0.717, 1.165) is 11.4 Å². The number of benzene rings is 1. The van der Waals surface area contributed by atoms with E-state index in [1.54, 1.807) is 0 Å². The number of fused-ring (bicyclic) bond motifs is 1. The molecule has 2 rings (SSSR count). The molecule has 0 aromatic heterocycles. The first-order valence-corrected chi connectivity index (χ1v) is 5.82. The zero-order valence-corrected chi connectivity index (χ0v) is 10.5. The van der Waals surface area contributed by atoms with Crippen LogP contribution in [-0.4, -0.2) is 18.5 Å². The van der Waals surface area contributed by atoms with Crippen molar-refractivity contribution in [1.29, 1.82) is 0 Å². The van der Waals surface area contributed by atoms with Gasteiger partial charge in [0.25, 0.3) is 0 Å². The molecule has 0 spiro atoms. The molecule has 0 saturated heterocycles. The summed E-state index contributed by atoms with van der Waals surface area (Å²) in [6.07, 6.45) is 0. The highest BCUT2D eigenvalue weighted by atomic mass is 16.1. The minimum Gasteiger partial charge on any atom is -0.381 e. The summed E-state index contributed by atoms with van der Waals surface area (Å²) in [5.74, 6) is -0.331. The van der Waals surface area contributed by atoms with Crippen LogP contribution in [0.15, 0.2) is 18.2 Å². The van der Waals surface area contributed by atoms with Gasteiger partial charge in [0, 0.05) is 6.54 Å². The van der Waals surface area contributed by atoms with Crippen LogP contribution in [-0.2, 0) is 10.2 Å². The molecule has 1 aromatic rings. The van der Waals surface area contributed by atoms with Crippen LogP contribution in [0.25, 0.3) is 0 Å². The average molecular weight is 233 g/mol. The maximum Gasteiger partial charge on any atom is 0.241 e. The smallest absolute Gasteiger partial charge is 0.241 e. The Labute approximate surface area is 102 Å². The molecule has 17 heavy (non-hydrogen) atoms. The van der Waals surface area contributed by atoms with Crippen molar-refractivity contribution in [2.75, 3.05) is 17.2 Å².